The average Bonchev–Trinajstić information content (AvgIpc) is 3.33. The van der Waals surface area contributed by atoms with Crippen LogP contribution in [-0.4, -0.2) is 23.8 Å². The van der Waals surface area contributed by atoms with Gasteiger partial charge >= 0.3 is 6.18 Å². The normalized spacial score (nSPS) is 14.6. The zero-order valence-corrected chi connectivity index (χ0v) is 18.8. The molecule has 174 valence electrons. The largest absolute Gasteiger partial charge is 0.418 e. The number of hydrogen-bond acceptors (Lipinski definition) is 5. The van der Waals surface area contributed by atoms with Crippen LogP contribution in [0.15, 0.2) is 59.6 Å². The maximum absolute atomic E-state index is 14.0. The molecule has 0 atom stereocenters. The number of nitrogens with zero attached hydrogens (tertiary/aromatic N) is 3. The Morgan fingerprint density at radius 1 is 1.00 bits per heavy atom. The molecule has 2 aromatic heterocycles. The molecule has 1 fully saturated rings. The minimum absolute atomic E-state index is 0.0188. The van der Waals surface area contributed by atoms with Gasteiger partial charge < -0.3 is 4.74 Å². The van der Waals surface area contributed by atoms with Crippen LogP contribution in [0.1, 0.15) is 42.7 Å². The van der Waals surface area contributed by atoms with Crippen molar-refractivity contribution in [3.05, 3.63) is 71.7 Å². The number of hydrogen-bond donors (Lipinski definition) is 0. The van der Waals surface area contributed by atoms with Gasteiger partial charge in [0.15, 0.2) is 0 Å². The summed E-state index contributed by atoms with van der Waals surface area (Å²) in [6.07, 6.45) is -0.522. The fraction of sp³-hybridized carbons (Fsp3) is 0.333. The summed E-state index contributed by atoms with van der Waals surface area (Å²) in [5, 5.41) is 0.335. The van der Waals surface area contributed by atoms with E-state index in [0.29, 0.717) is 10.6 Å². The number of methoxy groups -OCH3 is 1. The Kier molecular flexibility index (Phi) is 7.19. The van der Waals surface area contributed by atoms with Crippen molar-refractivity contribution in [1.29, 1.82) is 0 Å². The van der Waals surface area contributed by atoms with Gasteiger partial charge in [0.25, 0.3) is 0 Å². The van der Waals surface area contributed by atoms with E-state index in [1.165, 1.54) is 25.3 Å². The monoisotopic (exact) mass is 477 g/mol. The van der Waals surface area contributed by atoms with Gasteiger partial charge in [0.05, 0.1) is 11.3 Å². The Labute approximate surface area is 194 Å². The van der Waals surface area contributed by atoms with E-state index in [4.69, 9.17) is 4.74 Å². The first-order valence-electron chi connectivity index (χ1n) is 10.6. The Hall–Kier alpha value is -2.65. The summed E-state index contributed by atoms with van der Waals surface area (Å²) in [5.74, 6) is -0.172. The van der Waals surface area contributed by atoms with Crippen LogP contribution in [0.25, 0.3) is 11.3 Å². The molecule has 1 aliphatic carbocycles. The Morgan fingerprint density at radius 3 is 2.45 bits per heavy atom. The van der Waals surface area contributed by atoms with Crippen molar-refractivity contribution < 1.29 is 22.3 Å². The summed E-state index contributed by atoms with van der Waals surface area (Å²) in [6, 6.07) is 13.9. The van der Waals surface area contributed by atoms with Crippen molar-refractivity contribution in [3.63, 3.8) is 0 Å². The van der Waals surface area contributed by atoms with Gasteiger partial charge in [0.1, 0.15) is 17.6 Å². The van der Waals surface area contributed by atoms with Crippen LogP contribution in [-0.2, 0) is 10.9 Å². The maximum Gasteiger partial charge on any atom is 0.418 e. The van der Waals surface area contributed by atoms with Crippen molar-refractivity contribution in [3.8, 4) is 11.3 Å². The zero-order chi connectivity index (χ0) is 23.4. The lowest BCUT2D eigenvalue weighted by molar-refractivity contribution is -0.137. The summed E-state index contributed by atoms with van der Waals surface area (Å²) >= 11 is 1.04. The lowest BCUT2D eigenvalue weighted by atomic mass is 9.90. The highest BCUT2D eigenvalue weighted by Gasteiger charge is 2.36. The van der Waals surface area contributed by atoms with E-state index in [2.05, 4.69) is 9.97 Å². The predicted molar refractivity (Wildman–Crippen MR) is 120 cm³/mol. The molecule has 2 heterocycles. The summed E-state index contributed by atoms with van der Waals surface area (Å²) in [7, 11) is 1.47. The zero-order valence-electron chi connectivity index (χ0n) is 18.0. The molecule has 0 aliphatic heterocycles. The van der Waals surface area contributed by atoms with Gasteiger partial charge in [-0.05, 0) is 48.6 Å². The molecule has 0 amide bonds. The molecule has 1 aliphatic rings. The minimum Gasteiger partial charge on any atom is -0.363 e. The molecule has 0 bridgehead atoms. The number of benzene rings is 1. The quantitative estimate of drug-likeness (QED) is 0.157. The second kappa shape index (κ2) is 10.1. The first kappa shape index (κ1) is 23.5. The molecule has 4 rings (SSSR count). The van der Waals surface area contributed by atoms with Crippen molar-refractivity contribution in [1.82, 2.24) is 9.97 Å². The molecule has 0 unspecified atom stereocenters. The van der Waals surface area contributed by atoms with Gasteiger partial charge in [-0.25, -0.2) is 9.97 Å². The number of halogens is 4. The first-order valence-corrected chi connectivity index (χ1v) is 11.4. The van der Waals surface area contributed by atoms with E-state index in [1.807, 2.05) is 12.1 Å². The van der Waals surface area contributed by atoms with Crippen LogP contribution in [0.5, 0.6) is 0 Å². The van der Waals surface area contributed by atoms with Crippen molar-refractivity contribution in [2.75, 3.05) is 18.1 Å². The van der Waals surface area contributed by atoms with Crippen LogP contribution in [0.3, 0.4) is 0 Å². The van der Waals surface area contributed by atoms with E-state index < -0.39 is 17.7 Å². The van der Waals surface area contributed by atoms with Crippen molar-refractivity contribution >= 4 is 17.8 Å². The second-order valence-corrected chi connectivity index (χ2v) is 8.86. The van der Waals surface area contributed by atoms with Gasteiger partial charge in [0, 0.05) is 24.6 Å². The van der Waals surface area contributed by atoms with Gasteiger partial charge in [-0.3, -0.25) is 4.31 Å². The minimum atomic E-state index is -4.56. The standard InChI is InChI=1S/C24H23F4N3OS/c1-32-15-31(33-22-12-6-11-20(25)29-22)21-14-13-19(24(26,27)28)23(30-21)18-10-5-4-9-17(18)16-7-2-3-8-16/h4-6,9-14,16H,2-3,7-8,15H2,1H3. The Balaban J connectivity index is 1.80. The highest BCUT2D eigenvalue weighted by atomic mass is 32.2. The van der Waals surface area contributed by atoms with E-state index >= 15 is 0 Å². The third kappa shape index (κ3) is 5.47. The maximum atomic E-state index is 14.0. The highest BCUT2D eigenvalue weighted by Crippen LogP contribution is 2.43. The van der Waals surface area contributed by atoms with Crippen LogP contribution in [0, 0.1) is 5.95 Å². The first-order chi connectivity index (χ1) is 15.9. The number of alkyl halides is 3. The smallest absolute Gasteiger partial charge is 0.363 e. The molecule has 4 nitrogen and oxygen atoms in total. The van der Waals surface area contributed by atoms with Crippen molar-refractivity contribution in [2.24, 2.45) is 0 Å². The van der Waals surface area contributed by atoms with Crippen LogP contribution < -0.4 is 4.31 Å². The molecule has 33 heavy (non-hydrogen) atoms. The summed E-state index contributed by atoms with van der Waals surface area (Å²) in [4.78, 5) is 8.28. The number of aromatic nitrogens is 2. The molecule has 0 radical (unpaired) electrons. The second-order valence-electron chi connectivity index (χ2n) is 7.82. The molecule has 0 saturated heterocycles. The van der Waals surface area contributed by atoms with E-state index in [-0.39, 0.29) is 24.2 Å². The predicted octanol–water partition coefficient (Wildman–Crippen LogP) is 7.08. The summed E-state index contributed by atoms with van der Waals surface area (Å²) in [5.41, 5.74) is 0.479. The lowest BCUT2D eigenvalue weighted by Crippen LogP contribution is -2.20. The number of anilines is 1. The molecular formula is C24H23F4N3OS. The molecular weight excluding hydrogens is 454 g/mol. The van der Waals surface area contributed by atoms with Gasteiger partial charge in [-0.15, -0.1) is 0 Å². The summed E-state index contributed by atoms with van der Waals surface area (Å²) in [6.45, 7) is 0.0188. The van der Waals surface area contributed by atoms with Gasteiger partial charge in [-0.2, -0.15) is 17.6 Å². The average molecular weight is 478 g/mol. The van der Waals surface area contributed by atoms with E-state index in [1.54, 1.807) is 22.5 Å². The lowest BCUT2D eigenvalue weighted by Gasteiger charge is -2.24. The number of pyridine rings is 2. The number of ether oxygens (including phenoxy) is 1. The Morgan fingerprint density at radius 2 is 1.76 bits per heavy atom. The molecule has 1 saturated carbocycles. The molecule has 3 aromatic rings. The van der Waals surface area contributed by atoms with Crippen LogP contribution >= 0.6 is 11.9 Å². The molecule has 1 aromatic carbocycles. The topological polar surface area (TPSA) is 38.2 Å². The van der Waals surface area contributed by atoms with Crippen molar-refractivity contribution in [2.45, 2.75) is 42.8 Å². The highest BCUT2D eigenvalue weighted by molar-refractivity contribution is 8.00. The fourth-order valence-corrected chi connectivity index (χ4v) is 4.98. The molecule has 0 N–H and O–H groups in total. The SMILES string of the molecule is COCN(Sc1cccc(F)n1)c1ccc(C(F)(F)F)c(-c2ccccc2C2CCCC2)n1. The fourth-order valence-electron chi connectivity index (χ4n) is 4.14. The van der Waals surface area contributed by atoms with E-state index in [0.717, 1.165) is 49.3 Å². The van der Waals surface area contributed by atoms with Gasteiger partial charge in [0.2, 0.25) is 5.95 Å². The van der Waals surface area contributed by atoms with Gasteiger partial charge in [-0.1, -0.05) is 43.2 Å². The van der Waals surface area contributed by atoms with Crippen LogP contribution in [0.2, 0.25) is 0 Å². The molecule has 9 heteroatoms. The van der Waals surface area contributed by atoms with E-state index in [9.17, 15) is 17.6 Å². The summed E-state index contributed by atoms with van der Waals surface area (Å²) < 4.78 is 62.3. The third-order valence-corrected chi connectivity index (χ3v) is 6.52. The third-order valence-electron chi connectivity index (χ3n) is 5.59. The Bertz CT molecular complexity index is 1100. The molecule has 0 spiro atoms. The van der Waals surface area contributed by atoms with Crippen LogP contribution in [0.4, 0.5) is 23.4 Å². The number of rotatable bonds is 7.